The molecule has 0 bridgehead atoms. The molecular weight excluding hydrogens is 350 g/mol. The molecule has 0 radical (unpaired) electrons. The lowest BCUT2D eigenvalue weighted by molar-refractivity contribution is 0.617. The van der Waals surface area contributed by atoms with Crippen LogP contribution in [0, 0.1) is 18.6 Å². The molecule has 3 rings (SSSR count). The van der Waals surface area contributed by atoms with Crippen molar-refractivity contribution in [1.29, 1.82) is 0 Å². The normalized spacial score (nSPS) is 11.0. The highest BCUT2D eigenvalue weighted by atomic mass is 19.1. The molecule has 0 fully saturated rings. The molecule has 0 heterocycles. The molecule has 0 spiro atoms. The summed E-state index contributed by atoms with van der Waals surface area (Å²) in [6.07, 6.45) is 5.46. The highest BCUT2D eigenvalue weighted by Gasteiger charge is 2.13. The van der Waals surface area contributed by atoms with Crippen molar-refractivity contribution in [3.05, 3.63) is 82.9 Å². The molecule has 0 unspecified atom stereocenters. The highest BCUT2D eigenvalue weighted by molar-refractivity contribution is 5.72. The van der Waals surface area contributed by atoms with Gasteiger partial charge in [-0.25, -0.2) is 8.78 Å². The molecule has 0 aliphatic heterocycles. The number of rotatable bonds is 7. The molecule has 0 aliphatic rings. The van der Waals surface area contributed by atoms with Crippen molar-refractivity contribution in [1.82, 2.24) is 0 Å². The maximum atomic E-state index is 14.8. The summed E-state index contributed by atoms with van der Waals surface area (Å²) >= 11 is 0. The largest absolute Gasteiger partial charge is 0.206 e. The summed E-state index contributed by atoms with van der Waals surface area (Å²) in [6, 6.07) is 16.8. The first-order valence-electron chi connectivity index (χ1n) is 10.2. The average molecular weight is 379 g/mol. The van der Waals surface area contributed by atoms with E-state index in [1.165, 1.54) is 30.9 Å². The van der Waals surface area contributed by atoms with Crippen molar-refractivity contribution in [3.63, 3.8) is 0 Å². The Morgan fingerprint density at radius 1 is 0.750 bits per heavy atom. The third kappa shape index (κ3) is 4.32. The van der Waals surface area contributed by atoms with E-state index in [2.05, 4.69) is 19.1 Å². The SMILES string of the molecule is CCCCCc1ccc(-c2ccc(-c3ccc(CC)c(C)c3F)cc2F)cc1. The van der Waals surface area contributed by atoms with E-state index in [4.69, 9.17) is 0 Å². The van der Waals surface area contributed by atoms with Gasteiger partial charge in [-0.15, -0.1) is 0 Å². The lowest BCUT2D eigenvalue weighted by Crippen LogP contribution is -1.95. The van der Waals surface area contributed by atoms with Crippen molar-refractivity contribution >= 4 is 0 Å². The third-order valence-electron chi connectivity index (χ3n) is 5.49. The number of halogens is 2. The van der Waals surface area contributed by atoms with Crippen LogP contribution in [0.15, 0.2) is 54.6 Å². The van der Waals surface area contributed by atoms with Crippen LogP contribution >= 0.6 is 0 Å². The Hall–Kier alpha value is -2.48. The molecule has 146 valence electrons. The van der Waals surface area contributed by atoms with E-state index < -0.39 is 0 Å². The first-order chi connectivity index (χ1) is 13.5. The van der Waals surface area contributed by atoms with Gasteiger partial charge < -0.3 is 0 Å². The first kappa shape index (κ1) is 20.3. The van der Waals surface area contributed by atoms with Gasteiger partial charge in [-0.3, -0.25) is 0 Å². The van der Waals surface area contributed by atoms with E-state index in [0.717, 1.165) is 24.0 Å². The van der Waals surface area contributed by atoms with Crippen LogP contribution < -0.4 is 0 Å². The lowest BCUT2D eigenvalue weighted by atomic mass is 9.95. The van der Waals surface area contributed by atoms with Gasteiger partial charge in [0.25, 0.3) is 0 Å². The van der Waals surface area contributed by atoms with Crippen LogP contribution in [-0.4, -0.2) is 0 Å². The smallest absolute Gasteiger partial charge is 0.134 e. The maximum absolute atomic E-state index is 14.8. The first-order valence-corrected chi connectivity index (χ1v) is 10.2. The van der Waals surface area contributed by atoms with Gasteiger partial charge in [-0.2, -0.15) is 0 Å². The second-order valence-electron chi connectivity index (χ2n) is 7.41. The minimum absolute atomic E-state index is 0.261. The zero-order valence-corrected chi connectivity index (χ0v) is 17.0. The maximum Gasteiger partial charge on any atom is 0.134 e. The Balaban J connectivity index is 1.86. The third-order valence-corrected chi connectivity index (χ3v) is 5.49. The van der Waals surface area contributed by atoms with E-state index in [-0.39, 0.29) is 11.6 Å². The van der Waals surface area contributed by atoms with Gasteiger partial charge in [0.05, 0.1) is 0 Å². The topological polar surface area (TPSA) is 0 Å². The van der Waals surface area contributed by atoms with E-state index in [1.54, 1.807) is 25.1 Å². The summed E-state index contributed by atoms with van der Waals surface area (Å²) in [5.41, 5.74) is 5.32. The predicted octanol–water partition coefficient (Wildman–Crippen LogP) is 7.90. The molecule has 0 saturated carbocycles. The number of hydrogen-bond acceptors (Lipinski definition) is 0. The van der Waals surface area contributed by atoms with Gasteiger partial charge in [0, 0.05) is 11.1 Å². The van der Waals surface area contributed by atoms with Crippen molar-refractivity contribution in [2.24, 2.45) is 0 Å². The van der Waals surface area contributed by atoms with Crippen LogP contribution in [0.25, 0.3) is 22.3 Å². The van der Waals surface area contributed by atoms with Gasteiger partial charge >= 0.3 is 0 Å². The van der Waals surface area contributed by atoms with Crippen LogP contribution in [0.1, 0.15) is 49.8 Å². The molecule has 0 aromatic heterocycles. The molecule has 0 aliphatic carbocycles. The second kappa shape index (κ2) is 9.14. The summed E-state index contributed by atoms with van der Waals surface area (Å²) in [5.74, 6) is -0.587. The van der Waals surface area contributed by atoms with Gasteiger partial charge in [-0.05, 0) is 60.1 Å². The number of hydrogen-bond donors (Lipinski definition) is 0. The summed E-state index contributed by atoms with van der Waals surface area (Å²) in [4.78, 5) is 0. The molecule has 3 aromatic carbocycles. The molecule has 0 atom stereocenters. The number of benzene rings is 3. The Morgan fingerprint density at radius 2 is 1.43 bits per heavy atom. The summed E-state index contributed by atoms with van der Waals surface area (Å²) in [7, 11) is 0. The lowest BCUT2D eigenvalue weighted by Gasteiger charge is -2.12. The van der Waals surface area contributed by atoms with E-state index in [9.17, 15) is 8.78 Å². The number of unbranched alkanes of at least 4 members (excludes halogenated alkanes) is 2. The fraction of sp³-hybridized carbons (Fsp3) is 0.308. The molecule has 3 aromatic rings. The van der Waals surface area contributed by atoms with E-state index in [1.807, 2.05) is 25.1 Å². The van der Waals surface area contributed by atoms with Crippen molar-refractivity contribution in [2.75, 3.05) is 0 Å². The predicted molar refractivity (Wildman–Crippen MR) is 115 cm³/mol. The standard InChI is InChI=1S/C26H28F2/c1-4-6-7-8-19-9-11-21(12-10-19)23-15-14-22(17-25(23)27)24-16-13-20(5-2)18(3)26(24)28/h9-17H,4-8H2,1-3H3. The Bertz CT molecular complexity index is 939. The Labute approximate surface area is 167 Å². The van der Waals surface area contributed by atoms with E-state index >= 15 is 0 Å². The van der Waals surface area contributed by atoms with Crippen LogP contribution in [-0.2, 0) is 12.8 Å². The van der Waals surface area contributed by atoms with Crippen molar-refractivity contribution < 1.29 is 8.78 Å². The van der Waals surface area contributed by atoms with Gasteiger partial charge in [0.15, 0.2) is 0 Å². The van der Waals surface area contributed by atoms with Crippen LogP contribution in [0.2, 0.25) is 0 Å². The zero-order chi connectivity index (χ0) is 20.1. The van der Waals surface area contributed by atoms with Crippen LogP contribution in [0.3, 0.4) is 0 Å². The monoisotopic (exact) mass is 378 g/mol. The van der Waals surface area contributed by atoms with Gasteiger partial charge in [-0.1, -0.05) is 75.2 Å². The number of aryl methyl sites for hydroxylation is 2. The van der Waals surface area contributed by atoms with Crippen LogP contribution in [0.5, 0.6) is 0 Å². The average Bonchev–Trinajstić information content (AvgIpc) is 2.71. The molecule has 0 nitrogen and oxygen atoms in total. The minimum Gasteiger partial charge on any atom is -0.206 e. The zero-order valence-electron chi connectivity index (χ0n) is 17.0. The molecular formula is C26H28F2. The quantitative estimate of drug-likeness (QED) is 0.366. The minimum atomic E-state index is -0.326. The fourth-order valence-electron chi connectivity index (χ4n) is 3.68. The van der Waals surface area contributed by atoms with Gasteiger partial charge in [0.1, 0.15) is 11.6 Å². The highest BCUT2D eigenvalue weighted by Crippen LogP contribution is 2.31. The summed E-state index contributed by atoms with van der Waals surface area (Å²) < 4.78 is 29.6. The van der Waals surface area contributed by atoms with Crippen LogP contribution in [0.4, 0.5) is 8.78 Å². The fourth-order valence-corrected chi connectivity index (χ4v) is 3.68. The Kier molecular flexibility index (Phi) is 6.61. The molecule has 0 saturated heterocycles. The van der Waals surface area contributed by atoms with E-state index in [0.29, 0.717) is 22.3 Å². The molecule has 0 amide bonds. The second-order valence-corrected chi connectivity index (χ2v) is 7.41. The molecule has 0 N–H and O–H groups in total. The Morgan fingerprint density at radius 3 is 2.07 bits per heavy atom. The summed E-state index contributed by atoms with van der Waals surface area (Å²) in [5, 5.41) is 0. The van der Waals surface area contributed by atoms with Gasteiger partial charge in [0.2, 0.25) is 0 Å². The van der Waals surface area contributed by atoms with Crippen molar-refractivity contribution in [2.45, 2.75) is 52.9 Å². The molecule has 2 heteroatoms. The van der Waals surface area contributed by atoms with Crippen molar-refractivity contribution in [3.8, 4) is 22.3 Å². The molecule has 28 heavy (non-hydrogen) atoms. The summed E-state index contributed by atoms with van der Waals surface area (Å²) in [6.45, 7) is 5.98.